The Bertz CT molecular complexity index is 344. The fourth-order valence-corrected chi connectivity index (χ4v) is 1.27. The van der Waals surface area contributed by atoms with E-state index in [0.29, 0.717) is 12.1 Å². The minimum atomic E-state index is -0.229. The lowest BCUT2D eigenvalue weighted by molar-refractivity contribution is -0.111. The molecule has 14 heavy (non-hydrogen) atoms. The predicted molar refractivity (Wildman–Crippen MR) is 52.2 cm³/mol. The van der Waals surface area contributed by atoms with Crippen molar-refractivity contribution >= 4 is 5.78 Å². The summed E-state index contributed by atoms with van der Waals surface area (Å²) in [6, 6.07) is 0. The van der Waals surface area contributed by atoms with Crippen LogP contribution in [0, 0.1) is 0 Å². The third-order valence-corrected chi connectivity index (χ3v) is 2.14. The van der Waals surface area contributed by atoms with Crippen molar-refractivity contribution in [2.75, 3.05) is 6.54 Å². The molecule has 2 aliphatic rings. The molecular formula is C10H12N2O2. The first-order valence-corrected chi connectivity index (χ1v) is 4.43. The molecule has 0 radical (unpaired) electrons. The molecular weight excluding hydrogens is 180 g/mol. The highest BCUT2D eigenvalue weighted by Crippen LogP contribution is 2.15. The van der Waals surface area contributed by atoms with E-state index in [0.717, 1.165) is 5.57 Å². The second-order valence-electron chi connectivity index (χ2n) is 3.34. The molecule has 2 unspecified atom stereocenters. The van der Waals surface area contributed by atoms with Gasteiger partial charge in [0.15, 0.2) is 12.0 Å². The van der Waals surface area contributed by atoms with Gasteiger partial charge in [-0.15, -0.1) is 0 Å². The van der Waals surface area contributed by atoms with E-state index in [-0.39, 0.29) is 18.2 Å². The van der Waals surface area contributed by atoms with E-state index >= 15 is 0 Å². The zero-order chi connectivity index (χ0) is 10.1. The van der Waals surface area contributed by atoms with Crippen LogP contribution in [0.1, 0.15) is 0 Å². The number of hydrogen-bond acceptors (Lipinski definition) is 4. The number of rotatable bonds is 3. The first kappa shape index (κ1) is 9.33. The molecule has 2 rings (SSSR count). The van der Waals surface area contributed by atoms with Crippen LogP contribution in [-0.2, 0) is 9.53 Å². The monoisotopic (exact) mass is 192 g/mol. The SMILES string of the molecule is C=C1C=CC(=O)C(CNC2OC2N)=C1. The molecule has 0 amide bonds. The quantitative estimate of drug-likeness (QED) is 0.610. The molecule has 4 heteroatoms. The minimum Gasteiger partial charge on any atom is -0.337 e. The van der Waals surface area contributed by atoms with Crippen LogP contribution in [0.4, 0.5) is 0 Å². The summed E-state index contributed by atoms with van der Waals surface area (Å²) in [5.74, 6) is 0.0131. The van der Waals surface area contributed by atoms with Gasteiger partial charge in [0.1, 0.15) is 6.23 Å². The average molecular weight is 192 g/mol. The first-order valence-electron chi connectivity index (χ1n) is 4.43. The van der Waals surface area contributed by atoms with Crippen LogP contribution in [-0.4, -0.2) is 24.8 Å². The number of carbonyl (C=O) groups is 1. The summed E-state index contributed by atoms with van der Waals surface area (Å²) < 4.78 is 4.96. The molecule has 0 aromatic rings. The Morgan fingerprint density at radius 1 is 1.57 bits per heavy atom. The lowest BCUT2D eigenvalue weighted by Gasteiger charge is -2.08. The van der Waals surface area contributed by atoms with Crippen molar-refractivity contribution < 1.29 is 9.53 Å². The molecule has 1 fully saturated rings. The molecule has 1 aliphatic heterocycles. The Labute approximate surface area is 82.1 Å². The Balaban J connectivity index is 1.90. The summed E-state index contributed by atoms with van der Waals surface area (Å²) >= 11 is 0. The molecule has 1 heterocycles. The Kier molecular flexibility index (Phi) is 2.33. The molecule has 0 bridgehead atoms. The number of carbonyl (C=O) groups excluding carboxylic acids is 1. The van der Waals surface area contributed by atoms with Crippen LogP contribution < -0.4 is 11.1 Å². The number of nitrogens with two attached hydrogens (primary N) is 1. The van der Waals surface area contributed by atoms with Gasteiger partial charge in [0, 0.05) is 12.1 Å². The van der Waals surface area contributed by atoms with Crippen molar-refractivity contribution in [2.24, 2.45) is 5.73 Å². The third-order valence-electron chi connectivity index (χ3n) is 2.14. The molecule has 0 spiro atoms. The van der Waals surface area contributed by atoms with Crippen molar-refractivity contribution in [1.82, 2.24) is 5.32 Å². The smallest absolute Gasteiger partial charge is 0.183 e. The molecule has 4 nitrogen and oxygen atoms in total. The minimum absolute atomic E-state index is 0.0131. The van der Waals surface area contributed by atoms with Gasteiger partial charge in [-0.2, -0.15) is 0 Å². The highest BCUT2D eigenvalue weighted by Gasteiger charge is 2.34. The van der Waals surface area contributed by atoms with E-state index in [1.807, 2.05) is 0 Å². The van der Waals surface area contributed by atoms with Crippen LogP contribution in [0.3, 0.4) is 0 Å². The van der Waals surface area contributed by atoms with Gasteiger partial charge in [-0.05, 0) is 17.7 Å². The highest BCUT2D eigenvalue weighted by atomic mass is 16.6. The summed E-state index contributed by atoms with van der Waals surface area (Å²) in [6.45, 7) is 4.23. The van der Waals surface area contributed by atoms with Crippen LogP contribution in [0.5, 0.6) is 0 Å². The number of hydrogen-bond donors (Lipinski definition) is 2. The van der Waals surface area contributed by atoms with Crippen LogP contribution >= 0.6 is 0 Å². The largest absolute Gasteiger partial charge is 0.337 e. The normalized spacial score (nSPS) is 30.5. The Morgan fingerprint density at radius 2 is 2.29 bits per heavy atom. The molecule has 2 atom stereocenters. The maximum atomic E-state index is 11.3. The summed E-state index contributed by atoms with van der Waals surface area (Å²) in [4.78, 5) is 11.3. The van der Waals surface area contributed by atoms with Crippen molar-refractivity contribution in [2.45, 2.75) is 12.5 Å². The van der Waals surface area contributed by atoms with Crippen molar-refractivity contribution in [3.8, 4) is 0 Å². The standard InChI is InChI=1S/C10H12N2O2/c1-6-2-3-8(13)7(4-6)5-12-10-9(11)14-10/h2-4,9-10,12H,1,5,11H2. The molecule has 0 aromatic heterocycles. The predicted octanol–water partition coefficient (Wildman–Crippen LogP) is -0.161. The lowest BCUT2D eigenvalue weighted by atomic mass is 10.0. The number of nitrogens with one attached hydrogen (secondary N) is 1. The van der Waals surface area contributed by atoms with Crippen molar-refractivity contribution in [1.29, 1.82) is 0 Å². The van der Waals surface area contributed by atoms with Gasteiger partial charge in [0.05, 0.1) is 0 Å². The fraction of sp³-hybridized carbons (Fsp3) is 0.300. The van der Waals surface area contributed by atoms with E-state index < -0.39 is 0 Å². The summed E-state index contributed by atoms with van der Waals surface area (Å²) in [5.41, 5.74) is 6.95. The van der Waals surface area contributed by atoms with Gasteiger partial charge in [-0.1, -0.05) is 12.7 Å². The summed E-state index contributed by atoms with van der Waals surface area (Å²) in [5, 5.41) is 3.02. The first-order chi connectivity index (χ1) is 6.66. The maximum Gasteiger partial charge on any atom is 0.183 e. The van der Waals surface area contributed by atoms with Gasteiger partial charge in [-0.3, -0.25) is 10.1 Å². The van der Waals surface area contributed by atoms with E-state index in [2.05, 4.69) is 11.9 Å². The number of allylic oxidation sites excluding steroid dienone is 4. The van der Waals surface area contributed by atoms with E-state index in [1.54, 1.807) is 12.2 Å². The van der Waals surface area contributed by atoms with E-state index in [1.165, 1.54) is 6.08 Å². The van der Waals surface area contributed by atoms with Crippen molar-refractivity contribution in [3.05, 3.63) is 36.0 Å². The maximum absolute atomic E-state index is 11.3. The van der Waals surface area contributed by atoms with Crippen LogP contribution in [0.25, 0.3) is 0 Å². The topological polar surface area (TPSA) is 67.7 Å². The number of epoxide rings is 1. The number of ketones is 1. The zero-order valence-electron chi connectivity index (χ0n) is 7.69. The molecule has 0 saturated carbocycles. The summed E-state index contributed by atoms with van der Waals surface area (Å²) in [6.07, 6.45) is 4.65. The van der Waals surface area contributed by atoms with Gasteiger partial charge in [-0.25, -0.2) is 0 Å². The lowest BCUT2D eigenvalue weighted by Crippen LogP contribution is -2.27. The van der Waals surface area contributed by atoms with Crippen LogP contribution in [0.15, 0.2) is 36.0 Å². The third kappa shape index (κ3) is 1.98. The van der Waals surface area contributed by atoms with Gasteiger partial charge in [0.2, 0.25) is 0 Å². The highest BCUT2D eigenvalue weighted by molar-refractivity contribution is 6.06. The van der Waals surface area contributed by atoms with Crippen molar-refractivity contribution in [3.63, 3.8) is 0 Å². The zero-order valence-corrected chi connectivity index (χ0v) is 7.69. The second kappa shape index (κ2) is 3.49. The fourth-order valence-electron chi connectivity index (χ4n) is 1.27. The molecule has 74 valence electrons. The van der Waals surface area contributed by atoms with Gasteiger partial charge in [0.25, 0.3) is 0 Å². The Morgan fingerprint density at radius 3 is 2.93 bits per heavy atom. The van der Waals surface area contributed by atoms with Crippen LogP contribution in [0.2, 0.25) is 0 Å². The van der Waals surface area contributed by atoms with E-state index in [9.17, 15) is 4.79 Å². The second-order valence-corrected chi connectivity index (χ2v) is 3.34. The molecule has 0 aromatic carbocycles. The average Bonchev–Trinajstić information content (AvgIpc) is 2.84. The van der Waals surface area contributed by atoms with Gasteiger partial charge >= 0.3 is 0 Å². The molecule has 1 aliphatic carbocycles. The van der Waals surface area contributed by atoms with Gasteiger partial charge < -0.3 is 10.5 Å². The summed E-state index contributed by atoms with van der Waals surface area (Å²) in [7, 11) is 0. The molecule has 3 N–H and O–H groups in total. The number of ether oxygens (including phenoxy) is 1. The Hall–Kier alpha value is -1.23. The molecule has 1 saturated heterocycles. The van der Waals surface area contributed by atoms with E-state index in [4.69, 9.17) is 10.5 Å².